The number of carbonyl (C=O) groups is 1. The molecule has 0 aromatic carbocycles. The van der Waals surface area contributed by atoms with Crippen LogP contribution in [-0.2, 0) is 4.79 Å². The molecule has 0 aliphatic rings. The van der Waals surface area contributed by atoms with Gasteiger partial charge in [-0.25, -0.2) is 0 Å². The molecule has 0 bridgehead atoms. The third-order valence-electron chi connectivity index (χ3n) is 13.0. The van der Waals surface area contributed by atoms with E-state index in [0.29, 0.717) is 12.8 Å². The van der Waals surface area contributed by atoms with E-state index >= 15 is 0 Å². The van der Waals surface area contributed by atoms with E-state index in [2.05, 4.69) is 43.5 Å². The number of hydrogen-bond acceptors (Lipinski definition) is 3. The van der Waals surface area contributed by atoms with Crippen molar-refractivity contribution in [2.75, 3.05) is 6.61 Å². The minimum absolute atomic E-state index is 0.0317. The average Bonchev–Trinajstić information content (AvgIpc) is 3.25. The maximum atomic E-state index is 12.5. The number of rotatable bonds is 51. The lowest BCUT2D eigenvalue weighted by Gasteiger charge is -2.22. The van der Waals surface area contributed by atoms with Gasteiger partial charge in [-0.1, -0.05) is 282 Å². The molecular weight excluding hydrogens is 735 g/mol. The zero-order valence-electron chi connectivity index (χ0n) is 41.0. The summed E-state index contributed by atoms with van der Waals surface area (Å²) in [5.41, 5.74) is 0. The van der Waals surface area contributed by atoms with Gasteiger partial charge in [0.05, 0.1) is 18.8 Å². The fourth-order valence-electron chi connectivity index (χ4n) is 8.75. The van der Waals surface area contributed by atoms with Crippen LogP contribution in [0.15, 0.2) is 24.3 Å². The van der Waals surface area contributed by atoms with Crippen LogP contribution in [0, 0.1) is 0 Å². The lowest BCUT2D eigenvalue weighted by Crippen LogP contribution is -2.45. The van der Waals surface area contributed by atoms with Crippen molar-refractivity contribution in [3.63, 3.8) is 0 Å². The monoisotopic (exact) mass is 844 g/mol. The molecule has 60 heavy (non-hydrogen) atoms. The van der Waals surface area contributed by atoms with Crippen LogP contribution in [0.3, 0.4) is 0 Å². The van der Waals surface area contributed by atoms with Crippen LogP contribution in [0.25, 0.3) is 0 Å². The number of hydrogen-bond donors (Lipinski definition) is 3. The van der Waals surface area contributed by atoms with Gasteiger partial charge in [-0.05, 0) is 44.9 Å². The zero-order chi connectivity index (χ0) is 43.5. The predicted molar refractivity (Wildman–Crippen MR) is 267 cm³/mol. The van der Waals surface area contributed by atoms with E-state index in [1.54, 1.807) is 0 Å². The molecule has 0 fully saturated rings. The minimum atomic E-state index is -0.661. The van der Waals surface area contributed by atoms with Crippen LogP contribution in [-0.4, -0.2) is 34.9 Å². The largest absolute Gasteiger partial charge is 0.394 e. The Kier molecular flexibility index (Phi) is 51.2. The summed E-state index contributed by atoms with van der Waals surface area (Å²) in [5.74, 6) is -0.0317. The highest BCUT2D eigenvalue weighted by Gasteiger charge is 2.20. The van der Waals surface area contributed by atoms with Crippen molar-refractivity contribution >= 4 is 5.91 Å². The van der Waals surface area contributed by atoms with Crippen molar-refractivity contribution in [1.82, 2.24) is 5.32 Å². The summed E-state index contributed by atoms with van der Waals surface area (Å²) in [7, 11) is 0. The van der Waals surface area contributed by atoms with Crippen molar-refractivity contribution in [3.8, 4) is 0 Å². The molecule has 0 aromatic rings. The van der Waals surface area contributed by atoms with Gasteiger partial charge < -0.3 is 15.5 Å². The van der Waals surface area contributed by atoms with E-state index in [-0.39, 0.29) is 12.5 Å². The van der Waals surface area contributed by atoms with Crippen LogP contribution >= 0.6 is 0 Å². The van der Waals surface area contributed by atoms with Gasteiger partial charge in [0.15, 0.2) is 0 Å². The van der Waals surface area contributed by atoms with Gasteiger partial charge in [-0.2, -0.15) is 0 Å². The Morgan fingerprint density at radius 1 is 0.400 bits per heavy atom. The molecular formula is C56H109NO3. The molecule has 2 atom stereocenters. The first kappa shape index (κ1) is 58.9. The van der Waals surface area contributed by atoms with Gasteiger partial charge >= 0.3 is 0 Å². The Hall–Kier alpha value is -1.13. The molecule has 0 saturated carbocycles. The Bertz CT molecular complexity index is 871. The van der Waals surface area contributed by atoms with Gasteiger partial charge in [0, 0.05) is 6.42 Å². The number of nitrogens with one attached hydrogen (secondary N) is 1. The summed E-state index contributed by atoms with van der Waals surface area (Å²) in [6.07, 6.45) is 68.8. The molecule has 4 heteroatoms. The first-order chi connectivity index (χ1) is 29.7. The van der Waals surface area contributed by atoms with E-state index in [0.717, 1.165) is 32.1 Å². The van der Waals surface area contributed by atoms with Crippen molar-refractivity contribution in [3.05, 3.63) is 24.3 Å². The molecule has 0 aromatic heterocycles. The molecule has 2 unspecified atom stereocenters. The summed E-state index contributed by atoms with van der Waals surface area (Å²) in [6.45, 7) is 4.36. The fourth-order valence-corrected chi connectivity index (χ4v) is 8.75. The second-order valence-corrected chi connectivity index (χ2v) is 19.0. The molecule has 0 rings (SSSR count). The van der Waals surface area contributed by atoms with Gasteiger partial charge in [0.1, 0.15) is 0 Å². The molecule has 3 N–H and O–H groups in total. The molecule has 1 amide bonds. The highest BCUT2D eigenvalue weighted by molar-refractivity contribution is 5.76. The minimum Gasteiger partial charge on any atom is -0.394 e. The van der Waals surface area contributed by atoms with Crippen LogP contribution in [0.5, 0.6) is 0 Å². The van der Waals surface area contributed by atoms with E-state index < -0.39 is 12.1 Å². The van der Waals surface area contributed by atoms with Crippen LogP contribution < -0.4 is 5.32 Å². The average molecular weight is 844 g/mol. The number of carbonyl (C=O) groups excluding carboxylic acids is 1. The summed E-state index contributed by atoms with van der Waals surface area (Å²) in [5, 5.41) is 23.3. The van der Waals surface area contributed by atoms with Gasteiger partial charge in [-0.15, -0.1) is 0 Å². The second kappa shape index (κ2) is 52.2. The Balaban J connectivity index is 3.42. The number of unbranched alkanes of at least 4 members (excludes halogenated alkanes) is 40. The maximum absolute atomic E-state index is 12.5. The third kappa shape index (κ3) is 47.9. The second-order valence-electron chi connectivity index (χ2n) is 19.0. The summed E-state index contributed by atoms with van der Waals surface area (Å²) < 4.78 is 0. The highest BCUT2D eigenvalue weighted by atomic mass is 16.3. The molecule has 0 heterocycles. The maximum Gasteiger partial charge on any atom is 0.220 e. The lowest BCUT2D eigenvalue weighted by molar-refractivity contribution is -0.123. The van der Waals surface area contributed by atoms with E-state index in [1.165, 1.54) is 250 Å². The number of amides is 1. The quantitative estimate of drug-likeness (QED) is 0.0422. The molecule has 0 aliphatic carbocycles. The van der Waals surface area contributed by atoms with E-state index in [1.807, 2.05) is 0 Å². The Morgan fingerprint density at radius 2 is 0.683 bits per heavy atom. The topological polar surface area (TPSA) is 69.6 Å². The summed E-state index contributed by atoms with van der Waals surface area (Å²) in [4.78, 5) is 12.5. The fraction of sp³-hybridized carbons (Fsp3) is 0.911. The van der Waals surface area contributed by atoms with Crippen LogP contribution in [0.4, 0.5) is 0 Å². The van der Waals surface area contributed by atoms with Crippen molar-refractivity contribution < 1.29 is 15.0 Å². The summed E-state index contributed by atoms with van der Waals surface area (Å²) in [6, 6.07) is -0.538. The summed E-state index contributed by atoms with van der Waals surface area (Å²) >= 11 is 0. The first-order valence-electron chi connectivity index (χ1n) is 27.5. The van der Waals surface area contributed by atoms with Crippen LogP contribution in [0.2, 0.25) is 0 Å². The standard InChI is InChI=1S/C56H109NO3/c1-3-5-7-9-11-13-15-17-19-21-23-24-25-26-27-28-29-30-31-32-34-35-37-39-41-43-45-47-49-51-55(59)54(53-58)57-56(60)52-50-48-46-44-42-40-38-36-33-22-20-18-16-14-12-10-8-6-4-2/h12,14,18,20,54-55,58-59H,3-11,13,15-17,19,21-53H2,1-2H3,(H,57,60)/b14-12-,20-18-. The first-order valence-corrected chi connectivity index (χ1v) is 27.5. The predicted octanol–water partition coefficient (Wildman–Crippen LogP) is 17.9. The molecule has 0 spiro atoms. The zero-order valence-corrected chi connectivity index (χ0v) is 41.0. The number of aliphatic hydroxyl groups is 2. The Morgan fingerprint density at radius 3 is 1.03 bits per heavy atom. The third-order valence-corrected chi connectivity index (χ3v) is 13.0. The normalized spacial score (nSPS) is 12.9. The smallest absolute Gasteiger partial charge is 0.220 e. The number of allylic oxidation sites excluding steroid dienone is 4. The van der Waals surface area contributed by atoms with Crippen molar-refractivity contribution in [1.29, 1.82) is 0 Å². The molecule has 0 aliphatic heterocycles. The van der Waals surface area contributed by atoms with E-state index in [4.69, 9.17) is 0 Å². The molecule has 0 saturated heterocycles. The van der Waals surface area contributed by atoms with Gasteiger partial charge in [0.25, 0.3) is 0 Å². The van der Waals surface area contributed by atoms with Crippen molar-refractivity contribution in [2.45, 2.75) is 321 Å². The van der Waals surface area contributed by atoms with Gasteiger partial charge in [-0.3, -0.25) is 4.79 Å². The molecule has 356 valence electrons. The lowest BCUT2D eigenvalue weighted by atomic mass is 10.0. The highest BCUT2D eigenvalue weighted by Crippen LogP contribution is 2.18. The molecule has 4 nitrogen and oxygen atoms in total. The Labute approximate surface area is 377 Å². The van der Waals surface area contributed by atoms with Gasteiger partial charge in [0.2, 0.25) is 5.91 Å². The van der Waals surface area contributed by atoms with Crippen LogP contribution in [0.1, 0.15) is 309 Å². The molecule has 0 radical (unpaired) electrons. The number of aliphatic hydroxyl groups excluding tert-OH is 2. The van der Waals surface area contributed by atoms with E-state index in [9.17, 15) is 15.0 Å². The van der Waals surface area contributed by atoms with Crippen molar-refractivity contribution in [2.24, 2.45) is 0 Å². The SMILES string of the molecule is CCCCC/C=C\C/C=C\CCCCCCCCCCCC(=O)NC(CO)C(O)CCCCCCCCCCCCCCCCCCCCCCCCCCCCCCC.